The molecule has 3 aromatic rings. The van der Waals surface area contributed by atoms with Gasteiger partial charge in [0.25, 0.3) is 10.0 Å². The smallest absolute Gasteiger partial charge is 0.264 e. The monoisotopic (exact) mass is 460 g/mol. The molecular formula is C22H21ClN2O5S. The van der Waals surface area contributed by atoms with E-state index in [2.05, 4.69) is 5.32 Å². The van der Waals surface area contributed by atoms with Gasteiger partial charge in [-0.3, -0.25) is 9.10 Å². The first-order chi connectivity index (χ1) is 14.9. The minimum atomic E-state index is -4.11. The van der Waals surface area contributed by atoms with Gasteiger partial charge in [0.2, 0.25) is 5.91 Å². The molecule has 0 unspecified atom stereocenters. The van der Waals surface area contributed by atoms with Crippen molar-refractivity contribution in [2.24, 2.45) is 0 Å². The van der Waals surface area contributed by atoms with E-state index in [1.807, 2.05) is 0 Å². The van der Waals surface area contributed by atoms with Crippen molar-refractivity contribution in [3.05, 3.63) is 77.8 Å². The maximum Gasteiger partial charge on any atom is 0.264 e. The average molecular weight is 461 g/mol. The Morgan fingerprint density at radius 2 is 1.58 bits per heavy atom. The molecule has 9 heteroatoms. The summed E-state index contributed by atoms with van der Waals surface area (Å²) in [5, 5.41) is 3.00. The second kappa shape index (κ2) is 9.72. The first kappa shape index (κ1) is 22.5. The topological polar surface area (TPSA) is 84.9 Å². The number of hydrogen-bond acceptors (Lipinski definition) is 5. The molecule has 1 amide bonds. The highest BCUT2D eigenvalue weighted by atomic mass is 35.5. The molecule has 3 aromatic carbocycles. The number of para-hydroxylation sites is 3. The molecule has 0 aromatic heterocycles. The summed E-state index contributed by atoms with van der Waals surface area (Å²) in [6.45, 7) is -0.486. The van der Waals surface area contributed by atoms with Crippen LogP contribution < -0.4 is 19.1 Å². The Morgan fingerprint density at radius 3 is 2.23 bits per heavy atom. The normalized spacial score (nSPS) is 10.9. The Morgan fingerprint density at radius 1 is 0.935 bits per heavy atom. The average Bonchev–Trinajstić information content (AvgIpc) is 2.79. The Hall–Kier alpha value is -3.23. The van der Waals surface area contributed by atoms with E-state index in [1.165, 1.54) is 38.5 Å². The van der Waals surface area contributed by atoms with Crippen LogP contribution in [-0.2, 0) is 14.8 Å². The molecule has 0 radical (unpaired) electrons. The second-order valence-corrected chi connectivity index (χ2v) is 8.66. The van der Waals surface area contributed by atoms with Crippen LogP contribution in [0.25, 0.3) is 0 Å². The zero-order valence-corrected chi connectivity index (χ0v) is 18.5. The first-order valence-electron chi connectivity index (χ1n) is 9.21. The number of sulfonamides is 1. The molecular weight excluding hydrogens is 440 g/mol. The van der Waals surface area contributed by atoms with Crippen molar-refractivity contribution >= 4 is 38.9 Å². The standard InChI is InChI=1S/C22H21ClN2O5S/c1-29-16-11-13-17(14-12-16)31(27,28)25(20-9-5-6-10-21(20)30-2)15-22(26)24-19-8-4-3-7-18(19)23/h3-14H,15H2,1-2H3,(H,24,26). The number of nitrogens with zero attached hydrogens (tertiary/aromatic N) is 1. The molecule has 1 N–H and O–H groups in total. The predicted molar refractivity (Wildman–Crippen MR) is 121 cm³/mol. The SMILES string of the molecule is COc1ccc(S(=O)(=O)N(CC(=O)Nc2ccccc2Cl)c2ccccc2OC)cc1. The summed E-state index contributed by atoms with van der Waals surface area (Å²) in [7, 11) is -1.18. The third-order valence-electron chi connectivity index (χ3n) is 4.44. The lowest BCUT2D eigenvalue weighted by molar-refractivity contribution is -0.114. The van der Waals surface area contributed by atoms with Gasteiger partial charge in [-0.1, -0.05) is 35.9 Å². The van der Waals surface area contributed by atoms with Crippen molar-refractivity contribution < 1.29 is 22.7 Å². The van der Waals surface area contributed by atoms with E-state index in [-0.39, 0.29) is 10.6 Å². The molecule has 0 saturated heterocycles. The summed E-state index contributed by atoms with van der Waals surface area (Å²) in [4.78, 5) is 12.8. The molecule has 0 fully saturated rings. The van der Waals surface area contributed by atoms with Crippen LogP contribution in [0.3, 0.4) is 0 Å². The van der Waals surface area contributed by atoms with Gasteiger partial charge in [-0.05, 0) is 48.5 Å². The molecule has 31 heavy (non-hydrogen) atoms. The van der Waals surface area contributed by atoms with Crippen molar-refractivity contribution in [2.75, 3.05) is 30.4 Å². The lowest BCUT2D eigenvalue weighted by Crippen LogP contribution is -2.38. The van der Waals surface area contributed by atoms with E-state index in [0.717, 1.165) is 4.31 Å². The van der Waals surface area contributed by atoms with Gasteiger partial charge in [0.05, 0.1) is 35.5 Å². The van der Waals surface area contributed by atoms with Crippen LogP contribution in [0, 0.1) is 0 Å². The van der Waals surface area contributed by atoms with Gasteiger partial charge >= 0.3 is 0 Å². The molecule has 0 atom stereocenters. The van der Waals surface area contributed by atoms with E-state index in [9.17, 15) is 13.2 Å². The zero-order valence-electron chi connectivity index (χ0n) is 16.9. The fourth-order valence-electron chi connectivity index (χ4n) is 2.89. The van der Waals surface area contributed by atoms with Crippen molar-refractivity contribution in [3.8, 4) is 11.5 Å². The van der Waals surface area contributed by atoms with Crippen LogP contribution in [0.4, 0.5) is 11.4 Å². The number of halogens is 1. The molecule has 0 aliphatic carbocycles. The van der Waals surface area contributed by atoms with E-state index >= 15 is 0 Å². The van der Waals surface area contributed by atoms with E-state index in [4.69, 9.17) is 21.1 Å². The highest BCUT2D eigenvalue weighted by Gasteiger charge is 2.29. The largest absolute Gasteiger partial charge is 0.497 e. The molecule has 0 spiro atoms. The molecule has 0 bridgehead atoms. The Balaban J connectivity index is 2.00. The van der Waals surface area contributed by atoms with Gasteiger partial charge in [0.1, 0.15) is 18.0 Å². The molecule has 162 valence electrons. The summed E-state index contributed by atoms with van der Waals surface area (Å²) in [5.41, 5.74) is 0.617. The van der Waals surface area contributed by atoms with E-state index in [0.29, 0.717) is 22.2 Å². The number of nitrogens with one attached hydrogen (secondary N) is 1. The van der Waals surface area contributed by atoms with Crippen LogP contribution in [0.2, 0.25) is 5.02 Å². The van der Waals surface area contributed by atoms with Gasteiger partial charge in [-0.25, -0.2) is 8.42 Å². The maximum absolute atomic E-state index is 13.5. The number of hydrogen-bond donors (Lipinski definition) is 1. The predicted octanol–water partition coefficient (Wildman–Crippen LogP) is 4.19. The molecule has 3 rings (SSSR count). The van der Waals surface area contributed by atoms with Crippen molar-refractivity contribution in [2.45, 2.75) is 4.90 Å². The lowest BCUT2D eigenvalue weighted by atomic mass is 10.3. The van der Waals surface area contributed by atoms with E-state index < -0.39 is 22.5 Å². The highest BCUT2D eigenvalue weighted by Crippen LogP contribution is 2.32. The van der Waals surface area contributed by atoms with E-state index in [1.54, 1.807) is 48.5 Å². The third-order valence-corrected chi connectivity index (χ3v) is 6.54. The number of anilines is 2. The first-order valence-corrected chi connectivity index (χ1v) is 11.0. The second-order valence-electron chi connectivity index (χ2n) is 6.39. The minimum absolute atomic E-state index is 0.00440. The summed E-state index contributed by atoms with van der Waals surface area (Å²) < 4.78 is 38.4. The summed E-state index contributed by atoms with van der Waals surface area (Å²) >= 11 is 6.11. The summed E-state index contributed by atoms with van der Waals surface area (Å²) in [6.07, 6.45) is 0. The van der Waals surface area contributed by atoms with Gasteiger partial charge in [0, 0.05) is 0 Å². The van der Waals surface area contributed by atoms with Crippen LogP contribution in [-0.4, -0.2) is 35.1 Å². The summed E-state index contributed by atoms with van der Waals surface area (Å²) in [6, 6.07) is 19.2. The molecule has 0 saturated carbocycles. The number of benzene rings is 3. The van der Waals surface area contributed by atoms with Crippen LogP contribution >= 0.6 is 11.6 Å². The zero-order chi connectivity index (χ0) is 22.4. The van der Waals surface area contributed by atoms with Crippen molar-refractivity contribution in [1.29, 1.82) is 0 Å². The van der Waals surface area contributed by atoms with Crippen LogP contribution in [0.15, 0.2) is 77.7 Å². The Bertz CT molecular complexity index is 1170. The quantitative estimate of drug-likeness (QED) is 0.544. The summed E-state index contributed by atoms with van der Waals surface area (Å²) in [5.74, 6) is 0.264. The molecule has 0 aliphatic rings. The maximum atomic E-state index is 13.5. The van der Waals surface area contributed by atoms with Crippen molar-refractivity contribution in [3.63, 3.8) is 0 Å². The fraction of sp³-hybridized carbons (Fsp3) is 0.136. The number of ether oxygens (including phenoxy) is 2. The fourth-order valence-corrected chi connectivity index (χ4v) is 4.51. The van der Waals surface area contributed by atoms with Gasteiger partial charge in [0.15, 0.2) is 0 Å². The van der Waals surface area contributed by atoms with Gasteiger partial charge < -0.3 is 14.8 Å². The minimum Gasteiger partial charge on any atom is -0.497 e. The van der Waals surface area contributed by atoms with Gasteiger partial charge in [-0.2, -0.15) is 0 Å². The van der Waals surface area contributed by atoms with Crippen molar-refractivity contribution in [1.82, 2.24) is 0 Å². The Kier molecular flexibility index (Phi) is 7.04. The number of carbonyl (C=O) groups excluding carboxylic acids is 1. The molecule has 0 heterocycles. The van der Waals surface area contributed by atoms with Crippen LogP contribution in [0.5, 0.6) is 11.5 Å². The van der Waals surface area contributed by atoms with Crippen LogP contribution in [0.1, 0.15) is 0 Å². The number of methoxy groups -OCH3 is 2. The lowest BCUT2D eigenvalue weighted by Gasteiger charge is -2.25. The third kappa shape index (κ3) is 5.10. The highest BCUT2D eigenvalue weighted by molar-refractivity contribution is 7.92. The Labute approximate surface area is 186 Å². The molecule has 7 nitrogen and oxygen atoms in total. The number of carbonyl (C=O) groups is 1. The number of amides is 1. The molecule has 0 aliphatic heterocycles. The van der Waals surface area contributed by atoms with Gasteiger partial charge in [-0.15, -0.1) is 0 Å². The number of rotatable bonds is 8.